The van der Waals surface area contributed by atoms with E-state index in [4.69, 9.17) is 9.97 Å². The van der Waals surface area contributed by atoms with Crippen molar-refractivity contribution in [2.75, 3.05) is 0 Å². The van der Waals surface area contributed by atoms with Crippen LogP contribution in [0.3, 0.4) is 0 Å². The monoisotopic (exact) mass is 92.0 g/mol. The Morgan fingerprint density at radius 2 is 2.33 bits per heavy atom. The first-order valence-corrected chi connectivity index (χ1v) is 0.899. The van der Waals surface area contributed by atoms with E-state index in [9.17, 15) is 0 Å². The van der Waals surface area contributed by atoms with Gasteiger partial charge in [0.15, 0.2) is 0 Å². The molecule has 3 nitrogen and oxygen atoms in total. The molecule has 0 aromatic heterocycles. The van der Waals surface area contributed by atoms with Crippen LogP contribution in [0.25, 0.3) is 0 Å². The summed E-state index contributed by atoms with van der Waals surface area (Å²) in [5.41, 5.74) is 0. The SMILES string of the molecule is N#COB=O.[Na]. The van der Waals surface area contributed by atoms with Crippen LogP contribution in [0.1, 0.15) is 0 Å². The molecule has 0 N–H and O–H groups in total. The van der Waals surface area contributed by atoms with Crippen LogP contribution in [0.2, 0.25) is 0 Å². The molecule has 1 radical (unpaired) electrons. The molecule has 0 heterocycles. The molecule has 25 valence electrons. The summed E-state index contributed by atoms with van der Waals surface area (Å²) in [7, 11) is 0.0694. The number of nitrogens with zero attached hydrogens (tertiary/aromatic N) is 1. The van der Waals surface area contributed by atoms with Crippen LogP contribution in [0.15, 0.2) is 0 Å². The van der Waals surface area contributed by atoms with Crippen molar-refractivity contribution in [3.8, 4) is 6.26 Å². The molecule has 5 heteroatoms. The predicted molar refractivity (Wildman–Crippen MR) is 18.9 cm³/mol. The fourth-order valence-corrected chi connectivity index (χ4v) is 0.0215. The van der Waals surface area contributed by atoms with Gasteiger partial charge in [-0.1, -0.05) is 0 Å². The van der Waals surface area contributed by atoms with Gasteiger partial charge in [0.2, 0.25) is 0 Å². The van der Waals surface area contributed by atoms with Crippen LogP contribution in [-0.4, -0.2) is 36.9 Å². The fraction of sp³-hybridized carbons (Fsp3) is 0. The third kappa shape index (κ3) is 8.91. The van der Waals surface area contributed by atoms with E-state index in [2.05, 4.69) is 4.65 Å². The van der Waals surface area contributed by atoms with Gasteiger partial charge in [0.1, 0.15) is 0 Å². The van der Waals surface area contributed by atoms with E-state index < -0.39 is 0 Å². The van der Waals surface area contributed by atoms with Gasteiger partial charge < -0.3 is 0 Å². The molecular formula is CBNNaO2. The van der Waals surface area contributed by atoms with E-state index >= 15 is 0 Å². The molecular weight excluding hydrogens is 91.8 g/mol. The van der Waals surface area contributed by atoms with Crippen LogP contribution in [0.4, 0.5) is 0 Å². The quantitative estimate of drug-likeness (QED) is 0.310. The smallest absolute Gasteiger partial charge is 0 e. The predicted octanol–water partition coefficient (Wildman–Crippen LogP) is -0.932. The van der Waals surface area contributed by atoms with Gasteiger partial charge in [-0.05, 0) is 0 Å². The summed E-state index contributed by atoms with van der Waals surface area (Å²) in [6.45, 7) is 0. The Hall–Kier alpha value is 0.155. The minimum atomic E-state index is 0. The number of hydrogen-bond donors (Lipinski definition) is 0. The van der Waals surface area contributed by atoms with Crippen molar-refractivity contribution < 1.29 is 9.36 Å². The molecule has 0 spiro atoms. The molecule has 0 saturated heterocycles. The van der Waals surface area contributed by atoms with Crippen molar-refractivity contribution in [2.45, 2.75) is 0 Å². The molecule has 0 rings (SSSR count). The molecule has 0 unspecified atom stereocenters. The average Bonchev–Trinajstić information content (AvgIpc) is 1.41. The maximum atomic E-state index is 8.96. The van der Waals surface area contributed by atoms with Crippen molar-refractivity contribution in [3.63, 3.8) is 0 Å². The number of hydrogen-bond acceptors (Lipinski definition) is 3. The van der Waals surface area contributed by atoms with Crippen molar-refractivity contribution in [1.82, 2.24) is 0 Å². The second kappa shape index (κ2) is 8.94. The van der Waals surface area contributed by atoms with Crippen molar-refractivity contribution in [3.05, 3.63) is 0 Å². The summed E-state index contributed by atoms with van der Waals surface area (Å²) in [5.74, 6) is 0. The summed E-state index contributed by atoms with van der Waals surface area (Å²) >= 11 is 0. The van der Waals surface area contributed by atoms with Gasteiger partial charge in [-0.25, -0.2) is 0 Å². The summed E-state index contributed by atoms with van der Waals surface area (Å²) in [5, 5.41) is 7.36. The third-order valence-corrected chi connectivity index (χ3v) is 0.101. The zero-order valence-electron chi connectivity index (χ0n) is 3.34. The topological polar surface area (TPSA) is 50.1 Å². The average molecular weight is 91.8 g/mol. The second-order valence-electron chi connectivity index (χ2n) is 0.305. The van der Waals surface area contributed by atoms with E-state index in [0.717, 1.165) is 6.26 Å². The number of rotatable bonds is 1. The Bertz CT molecular complexity index is 68.4. The number of nitriles is 1. The second-order valence-corrected chi connectivity index (χ2v) is 0.305. The van der Waals surface area contributed by atoms with Gasteiger partial charge in [0.25, 0.3) is 0 Å². The van der Waals surface area contributed by atoms with Crippen molar-refractivity contribution >= 4 is 36.9 Å². The molecule has 0 bridgehead atoms. The molecule has 6 heavy (non-hydrogen) atoms. The maximum absolute atomic E-state index is 8.96. The van der Waals surface area contributed by atoms with Gasteiger partial charge >= 0.3 is 28.2 Å². The Morgan fingerprint density at radius 1 is 1.83 bits per heavy atom. The molecule has 0 aromatic carbocycles. The first-order valence-electron chi connectivity index (χ1n) is 0.899. The van der Waals surface area contributed by atoms with Crippen molar-refractivity contribution in [1.29, 1.82) is 5.26 Å². The Labute approximate surface area is 57.9 Å². The molecule has 0 atom stereocenters. The largest absolute Gasteiger partial charge is 0 e. The Balaban J connectivity index is 0. The molecule has 0 saturated carbocycles. The van der Waals surface area contributed by atoms with E-state index in [0.29, 0.717) is 0 Å². The zero-order valence-corrected chi connectivity index (χ0v) is 5.34. The summed E-state index contributed by atoms with van der Waals surface area (Å²) in [4.78, 5) is 0. The van der Waals surface area contributed by atoms with E-state index in [1.54, 1.807) is 0 Å². The maximum Gasteiger partial charge on any atom is 0 e. The normalized spacial score (nSPS) is 3.17. The first kappa shape index (κ1) is 9.47. The van der Waals surface area contributed by atoms with Gasteiger partial charge in [-0.15, -0.1) is 0 Å². The van der Waals surface area contributed by atoms with Gasteiger partial charge in [0.05, 0.1) is 0 Å². The van der Waals surface area contributed by atoms with Crippen LogP contribution in [0.5, 0.6) is 0 Å². The first-order chi connectivity index (χ1) is 2.41. The van der Waals surface area contributed by atoms with E-state index in [-0.39, 0.29) is 36.9 Å². The molecule has 0 amide bonds. The van der Waals surface area contributed by atoms with Gasteiger partial charge in [0, 0.05) is 29.6 Å². The minimum absolute atomic E-state index is 0. The fourth-order valence-electron chi connectivity index (χ4n) is 0.0215. The molecule has 0 aliphatic carbocycles. The molecule has 0 aliphatic rings. The van der Waals surface area contributed by atoms with Crippen LogP contribution < -0.4 is 0 Å². The summed E-state index contributed by atoms with van der Waals surface area (Å²) in [6.07, 6.45) is 1.15. The standard InChI is InChI=1S/CBNO2.Na/c3-1-5-2-4;. The minimum Gasteiger partial charge on any atom is 0 e. The van der Waals surface area contributed by atoms with Crippen LogP contribution >= 0.6 is 0 Å². The molecule has 0 aliphatic heterocycles. The van der Waals surface area contributed by atoms with Crippen molar-refractivity contribution in [2.24, 2.45) is 0 Å². The van der Waals surface area contributed by atoms with Gasteiger partial charge in [-0.3, -0.25) is 0 Å². The van der Waals surface area contributed by atoms with E-state index in [1.165, 1.54) is 0 Å². The summed E-state index contributed by atoms with van der Waals surface area (Å²) < 4.78 is 12.4. The van der Waals surface area contributed by atoms with Crippen LogP contribution in [0, 0.1) is 11.5 Å². The van der Waals surface area contributed by atoms with Crippen LogP contribution in [-0.2, 0) is 9.36 Å². The Morgan fingerprint density at radius 3 is 2.33 bits per heavy atom. The molecule has 0 aromatic rings. The van der Waals surface area contributed by atoms with E-state index in [1.807, 2.05) is 0 Å². The molecule has 0 fully saturated rings. The Kier molecular flexibility index (Phi) is 14.1. The zero-order chi connectivity index (χ0) is 4.12. The summed E-state index contributed by atoms with van der Waals surface area (Å²) in [6, 6.07) is 0. The third-order valence-electron chi connectivity index (χ3n) is 0.101. The van der Waals surface area contributed by atoms with Gasteiger partial charge in [-0.2, -0.15) is 0 Å².